The molecule has 0 heterocycles. The van der Waals surface area contributed by atoms with E-state index in [0.29, 0.717) is 16.3 Å². The molecule has 0 aromatic heterocycles. The van der Waals surface area contributed by atoms with E-state index in [0.717, 1.165) is 0 Å². The Kier molecular flexibility index (Phi) is 6.28. The Bertz CT molecular complexity index is 931. The number of benzene rings is 2. The summed E-state index contributed by atoms with van der Waals surface area (Å²) in [6, 6.07) is 11.8. The van der Waals surface area contributed by atoms with Crippen LogP contribution in [-0.2, 0) is 14.6 Å². The molecule has 2 rings (SSSR count). The van der Waals surface area contributed by atoms with Crippen LogP contribution in [0.3, 0.4) is 0 Å². The molecule has 8 heteroatoms. The van der Waals surface area contributed by atoms with E-state index in [1.807, 2.05) is 20.8 Å². The molecule has 2 N–H and O–H groups in total. The summed E-state index contributed by atoms with van der Waals surface area (Å²) in [5, 5.41) is 5.76. The van der Waals surface area contributed by atoms with Crippen molar-refractivity contribution in [3.8, 4) is 0 Å². The molecule has 0 bridgehead atoms. The first kappa shape index (κ1) is 20.9. The van der Waals surface area contributed by atoms with Gasteiger partial charge < -0.3 is 10.6 Å². The summed E-state index contributed by atoms with van der Waals surface area (Å²) in [5.41, 5.74) is 0.482. The van der Waals surface area contributed by atoms with E-state index in [-0.39, 0.29) is 16.3 Å². The highest BCUT2D eigenvalue weighted by molar-refractivity contribution is 7.92. The molecule has 0 spiro atoms. The molecule has 0 saturated heterocycles. The predicted octanol–water partition coefficient (Wildman–Crippen LogP) is 3.28. The van der Waals surface area contributed by atoms with Crippen LogP contribution in [0.4, 0.5) is 5.69 Å². The third kappa shape index (κ3) is 6.37. The minimum absolute atomic E-state index is 0.0243. The number of anilines is 1. The van der Waals surface area contributed by atoms with Crippen LogP contribution in [0, 0.1) is 0 Å². The maximum Gasteiger partial charge on any atom is 0.251 e. The van der Waals surface area contributed by atoms with Gasteiger partial charge in [-0.15, -0.1) is 0 Å². The van der Waals surface area contributed by atoms with Crippen molar-refractivity contribution in [2.45, 2.75) is 31.2 Å². The van der Waals surface area contributed by atoms with Gasteiger partial charge in [0.2, 0.25) is 5.91 Å². The van der Waals surface area contributed by atoms with Gasteiger partial charge in [-0.1, -0.05) is 11.6 Å². The highest BCUT2D eigenvalue weighted by Crippen LogP contribution is 2.16. The van der Waals surface area contributed by atoms with E-state index in [1.165, 1.54) is 24.3 Å². The first-order chi connectivity index (χ1) is 12.5. The van der Waals surface area contributed by atoms with E-state index >= 15 is 0 Å². The van der Waals surface area contributed by atoms with E-state index in [4.69, 9.17) is 11.6 Å². The molecule has 0 atom stereocenters. The van der Waals surface area contributed by atoms with Gasteiger partial charge in [0, 0.05) is 21.8 Å². The van der Waals surface area contributed by atoms with Crippen LogP contribution in [0.25, 0.3) is 0 Å². The molecule has 0 unspecified atom stereocenters. The number of hydrogen-bond acceptors (Lipinski definition) is 4. The lowest BCUT2D eigenvalue weighted by atomic mass is 10.1. The van der Waals surface area contributed by atoms with Crippen molar-refractivity contribution in [3.05, 3.63) is 59.1 Å². The summed E-state index contributed by atoms with van der Waals surface area (Å²) in [6.07, 6.45) is 0. The zero-order valence-electron chi connectivity index (χ0n) is 15.2. The summed E-state index contributed by atoms with van der Waals surface area (Å²) < 4.78 is 24.5. The second-order valence-corrected chi connectivity index (χ2v) is 9.47. The molecule has 144 valence electrons. The lowest BCUT2D eigenvalue weighted by Gasteiger charge is -2.20. The topological polar surface area (TPSA) is 92.3 Å². The number of halogens is 1. The average Bonchev–Trinajstić information content (AvgIpc) is 2.53. The first-order valence-electron chi connectivity index (χ1n) is 8.17. The average molecular weight is 409 g/mol. The lowest BCUT2D eigenvalue weighted by Crippen LogP contribution is -2.40. The van der Waals surface area contributed by atoms with E-state index in [9.17, 15) is 18.0 Å². The Morgan fingerprint density at radius 3 is 2.04 bits per heavy atom. The SMILES string of the molecule is CC(C)(C)NC(=O)c1ccc(NC(=O)CS(=O)(=O)c2ccc(Cl)cc2)cc1. The van der Waals surface area contributed by atoms with E-state index in [1.54, 1.807) is 24.3 Å². The van der Waals surface area contributed by atoms with Crippen LogP contribution in [-0.4, -0.2) is 31.5 Å². The normalized spacial score (nSPS) is 11.7. The molecular weight excluding hydrogens is 388 g/mol. The van der Waals surface area contributed by atoms with Crippen LogP contribution in [0.1, 0.15) is 31.1 Å². The van der Waals surface area contributed by atoms with Crippen molar-refractivity contribution in [2.24, 2.45) is 0 Å². The molecule has 0 fully saturated rings. The van der Waals surface area contributed by atoms with Gasteiger partial charge in [0.1, 0.15) is 5.75 Å². The summed E-state index contributed by atoms with van der Waals surface area (Å²) in [6.45, 7) is 5.63. The number of nitrogens with one attached hydrogen (secondary N) is 2. The summed E-state index contributed by atoms with van der Waals surface area (Å²) >= 11 is 5.74. The Morgan fingerprint density at radius 1 is 0.963 bits per heavy atom. The molecule has 6 nitrogen and oxygen atoms in total. The predicted molar refractivity (Wildman–Crippen MR) is 106 cm³/mol. The monoisotopic (exact) mass is 408 g/mol. The highest BCUT2D eigenvalue weighted by atomic mass is 35.5. The molecule has 0 aliphatic carbocycles. The largest absolute Gasteiger partial charge is 0.347 e. The van der Waals surface area contributed by atoms with Gasteiger partial charge in [0.25, 0.3) is 5.91 Å². The molecule has 0 aliphatic heterocycles. The van der Waals surface area contributed by atoms with Crippen LogP contribution in [0.15, 0.2) is 53.4 Å². The molecular formula is C19H21ClN2O4S. The summed E-state index contributed by atoms with van der Waals surface area (Å²) in [7, 11) is -3.77. The number of hydrogen-bond donors (Lipinski definition) is 2. The number of amides is 2. The Balaban J connectivity index is 2.01. The quantitative estimate of drug-likeness (QED) is 0.794. The minimum atomic E-state index is -3.77. The van der Waals surface area contributed by atoms with Crippen molar-refractivity contribution in [3.63, 3.8) is 0 Å². The fourth-order valence-electron chi connectivity index (χ4n) is 2.21. The maximum absolute atomic E-state index is 12.3. The van der Waals surface area contributed by atoms with Crippen LogP contribution < -0.4 is 10.6 Å². The van der Waals surface area contributed by atoms with Crippen LogP contribution >= 0.6 is 11.6 Å². The number of rotatable bonds is 5. The van der Waals surface area contributed by atoms with Crippen molar-refractivity contribution in [1.82, 2.24) is 5.32 Å². The van der Waals surface area contributed by atoms with Gasteiger partial charge in [-0.05, 0) is 69.3 Å². The number of sulfone groups is 1. The minimum Gasteiger partial charge on any atom is -0.347 e. The van der Waals surface area contributed by atoms with Crippen molar-refractivity contribution in [1.29, 1.82) is 0 Å². The Morgan fingerprint density at radius 2 is 1.52 bits per heavy atom. The van der Waals surface area contributed by atoms with Gasteiger partial charge in [0.15, 0.2) is 9.84 Å². The fraction of sp³-hybridized carbons (Fsp3) is 0.263. The lowest BCUT2D eigenvalue weighted by molar-refractivity contribution is -0.113. The zero-order chi connectivity index (χ0) is 20.2. The second kappa shape index (κ2) is 8.10. The number of carbonyl (C=O) groups excluding carboxylic acids is 2. The summed E-state index contributed by atoms with van der Waals surface area (Å²) in [5.74, 6) is -1.59. The van der Waals surface area contributed by atoms with Gasteiger partial charge in [-0.25, -0.2) is 8.42 Å². The first-order valence-corrected chi connectivity index (χ1v) is 10.2. The van der Waals surface area contributed by atoms with Gasteiger partial charge in [-0.3, -0.25) is 9.59 Å². The number of carbonyl (C=O) groups is 2. The van der Waals surface area contributed by atoms with Gasteiger partial charge in [-0.2, -0.15) is 0 Å². The molecule has 2 aromatic rings. The molecule has 2 aromatic carbocycles. The third-order valence-corrected chi connectivity index (χ3v) is 5.30. The van der Waals surface area contributed by atoms with Crippen LogP contribution in [0.2, 0.25) is 5.02 Å². The van der Waals surface area contributed by atoms with Gasteiger partial charge in [0.05, 0.1) is 4.90 Å². The van der Waals surface area contributed by atoms with Crippen molar-refractivity contribution >= 4 is 38.9 Å². The van der Waals surface area contributed by atoms with E-state index < -0.39 is 21.5 Å². The van der Waals surface area contributed by atoms with Gasteiger partial charge >= 0.3 is 0 Å². The van der Waals surface area contributed by atoms with Crippen LogP contribution in [0.5, 0.6) is 0 Å². The molecule has 2 amide bonds. The molecule has 0 saturated carbocycles. The standard InChI is InChI=1S/C19H21ClN2O4S/c1-19(2,3)22-18(24)13-4-8-15(9-5-13)21-17(23)12-27(25,26)16-10-6-14(20)7-11-16/h4-11H,12H2,1-3H3,(H,21,23)(H,22,24). The van der Waals surface area contributed by atoms with Crippen molar-refractivity contribution in [2.75, 3.05) is 11.1 Å². The Labute approximate surface area is 163 Å². The second-order valence-electron chi connectivity index (χ2n) is 7.04. The highest BCUT2D eigenvalue weighted by Gasteiger charge is 2.20. The maximum atomic E-state index is 12.3. The molecule has 27 heavy (non-hydrogen) atoms. The molecule has 0 radical (unpaired) electrons. The summed E-state index contributed by atoms with van der Waals surface area (Å²) in [4.78, 5) is 24.2. The smallest absolute Gasteiger partial charge is 0.251 e. The van der Waals surface area contributed by atoms with Crippen molar-refractivity contribution < 1.29 is 18.0 Å². The van der Waals surface area contributed by atoms with E-state index in [2.05, 4.69) is 10.6 Å². The Hall–Kier alpha value is -2.38. The fourth-order valence-corrected chi connectivity index (χ4v) is 3.47. The molecule has 0 aliphatic rings. The zero-order valence-corrected chi connectivity index (χ0v) is 16.8. The third-order valence-electron chi connectivity index (χ3n) is 3.41.